The molecule has 0 bridgehead atoms. The van der Waals surface area contributed by atoms with Gasteiger partial charge in [-0.1, -0.05) is 0 Å². The van der Waals surface area contributed by atoms with Crippen LogP contribution in [0.1, 0.15) is 11.1 Å². The monoisotopic (exact) mass is 447 g/mol. The van der Waals surface area contributed by atoms with Crippen LogP contribution in [-0.4, -0.2) is 59.4 Å². The highest BCUT2D eigenvalue weighted by Crippen LogP contribution is 2.33. The Morgan fingerprint density at radius 3 is 2.65 bits per heavy atom. The van der Waals surface area contributed by atoms with Crippen molar-refractivity contribution >= 4 is 15.7 Å². The number of aliphatic hydroxyl groups is 3. The molecule has 1 aliphatic heterocycles. The summed E-state index contributed by atoms with van der Waals surface area (Å²) in [4.78, 5) is 2.75. The summed E-state index contributed by atoms with van der Waals surface area (Å²) in [6.07, 6.45) is -1.23. The number of benzene rings is 2. The highest BCUT2D eigenvalue weighted by Gasteiger charge is 2.51. The molecule has 1 saturated heterocycles. The fraction of sp³-hybridized carbons (Fsp3) is 0.300. The van der Waals surface area contributed by atoms with Crippen molar-refractivity contribution in [2.75, 3.05) is 19.7 Å². The van der Waals surface area contributed by atoms with E-state index in [0.717, 1.165) is 10.4 Å². The highest BCUT2D eigenvalue weighted by molar-refractivity contribution is 7.89. The Hall–Kier alpha value is -3.06. The molecule has 0 radical (unpaired) electrons. The van der Waals surface area contributed by atoms with Gasteiger partial charge in [0.2, 0.25) is 15.7 Å². The predicted octanol–water partition coefficient (Wildman–Crippen LogP) is 0.916. The van der Waals surface area contributed by atoms with Gasteiger partial charge in [-0.2, -0.15) is 9.57 Å². The summed E-state index contributed by atoms with van der Waals surface area (Å²) in [6.45, 7) is 4.54. The zero-order valence-corrected chi connectivity index (χ0v) is 16.9. The number of halogens is 1. The maximum atomic E-state index is 13.9. The average Bonchev–Trinajstić information content (AvgIpc) is 3.11. The molecule has 31 heavy (non-hydrogen) atoms. The summed E-state index contributed by atoms with van der Waals surface area (Å²) < 4.78 is 46.6. The van der Waals surface area contributed by atoms with Crippen LogP contribution >= 0.6 is 0 Å². The normalized spacial score (nSPS) is 21.4. The van der Waals surface area contributed by atoms with Crippen LogP contribution in [-0.2, 0) is 16.6 Å². The molecular formula is C20H18FN3O6S. The van der Waals surface area contributed by atoms with Gasteiger partial charge in [0.1, 0.15) is 23.3 Å². The number of nitrogens with zero attached hydrogens (tertiary/aromatic N) is 3. The minimum atomic E-state index is -4.23. The second kappa shape index (κ2) is 8.59. The maximum Gasteiger partial charge on any atom is 0.243 e. The number of ether oxygens (including phenoxy) is 1. The lowest BCUT2D eigenvalue weighted by atomic mass is 10.0. The van der Waals surface area contributed by atoms with Gasteiger partial charge in [0.05, 0.1) is 42.9 Å². The highest BCUT2D eigenvalue weighted by atomic mass is 32.2. The number of β-amino-alcohol motifs (C(OH)–C–C–N with tert-alkyl or cyclic N) is 1. The van der Waals surface area contributed by atoms with E-state index in [0.29, 0.717) is 0 Å². The van der Waals surface area contributed by atoms with E-state index in [9.17, 15) is 28.1 Å². The third kappa shape index (κ3) is 4.23. The molecule has 2 aromatic carbocycles. The van der Waals surface area contributed by atoms with Gasteiger partial charge >= 0.3 is 0 Å². The molecule has 2 atom stereocenters. The molecule has 0 amide bonds. The maximum absolute atomic E-state index is 13.9. The Balaban J connectivity index is 1.92. The van der Waals surface area contributed by atoms with Crippen molar-refractivity contribution < 1.29 is 32.9 Å². The first-order valence-corrected chi connectivity index (χ1v) is 10.4. The molecule has 3 rings (SSSR count). The lowest BCUT2D eigenvalue weighted by Gasteiger charge is -2.27. The van der Waals surface area contributed by atoms with Crippen LogP contribution in [0.15, 0.2) is 41.3 Å². The minimum absolute atomic E-state index is 0.00719. The van der Waals surface area contributed by atoms with Gasteiger partial charge in [0, 0.05) is 12.6 Å². The first-order valence-electron chi connectivity index (χ1n) is 8.99. The average molecular weight is 447 g/mol. The van der Waals surface area contributed by atoms with Crippen molar-refractivity contribution in [3.8, 4) is 11.8 Å². The third-order valence-electron chi connectivity index (χ3n) is 4.99. The molecule has 162 valence electrons. The quantitative estimate of drug-likeness (QED) is 0.560. The molecular weight excluding hydrogens is 429 g/mol. The van der Waals surface area contributed by atoms with Gasteiger partial charge in [-0.15, -0.1) is 0 Å². The first kappa shape index (κ1) is 22.6. The van der Waals surface area contributed by atoms with E-state index >= 15 is 0 Å². The second-order valence-electron chi connectivity index (χ2n) is 6.98. The summed E-state index contributed by atoms with van der Waals surface area (Å²) in [6, 6.07) is 9.00. The number of aliphatic hydroxyl groups excluding tert-OH is 2. The standard InChI is InChI=1S/C20H18FN3O6S/c1-23-17-4-3-15(7-16(17)21)30-19-9-24(11-20(19,27)12-26)31(28,29)18-5-2-13(8-22)6-14(18)10-25/h2-7,19,25-27H,9-12H2/t19-,20+/m0/s1. The van der Waals surface area contributed by atoms with Crippen molar-refractivity contribution in [1.82, 2.24) is 4.31 Å². The summed E-state index contributed by atoms with van der Waals surface area (Å²) in [5, 5.41) is 39.0. The van der Waals surface area contributed by atoms with Crippen LogP contribution < -0.4 is 4.74 Å². The van der Waals surface area contributed by atoms with Crippen LogP contribution in [0.25, 0.3) is 4.85 Å². The van der Waals surface area contributed by atoms with Gasteiger partial charge in [0.25, 0.3) is 0 Å². The Bertz CT molecular complexity index is 1190. The smallest absolute Gasteiger partial charge is 0.243 e. The van der Waals surface area contributed by atoms with E-state index in [-0.39, 0.29) is 34.0 Å². The van der Waals surface area contributed by atoms with Crippen molar-refractivity contribution in [2.24, 2.45) is 0 Å². The predicted molar refractivity (Wildman–Crippen MR) is 105 cm³/mol. The van der Waals surface area contributed by atoms with Crippen LogP contribution in [0.3, 0.4) is 0 Å². The first-order chi connectivity index (χ1) is 14.7. The zero-order chi connectivity index (χ0) is 22.8. The Morgan fingerprint density at radius 2 is 2.06 bits per heavy atom. The second-order valence-corrected chi connectivity index (χ2v) is 8.89. The van der Waals surface area contributed by atoms with Crippen molar-refractivity contribution in [2.45, 2.75) is 23.2 Å². The molecule has 1 fully saturated rings. The fourth-order valence-electron chi connectivity index (χ4n) is 3.29. The molecule has 9 nitrogen and oxygen atoms in total. The van der Waals surface area contributed by atoms with E-state index in [1.54, 1.807) is 0 Å². The summed E-state index contributed by atoms with van der Waals surface area (Å²) in [5.74, 6) is -0.886. The van der Waals surface area contributed by atoms with Gasteiger partial charge in [0.15, 0.2) is 0 Å². The third-order valence-corrected chi connectivity index (χ3v) is 6.90. The van der Waals surface area contributed by atoms with E-state index in [1.807, 2.05) is 6.07 Å². The molecule has 0 unspecified atom stereocenters. The zero-order valence-electron chi connectivity index (χ0n) is 16.1. The SMILES string of the molecule is [C-]#[N+]c1ccc(O[C@H]2CN(S(=O)(=O)c3ccc(C#N)cc3CO)C[C@@]2(O)CO)cc1F. The summed E-state index contributed by atoms with van der Waals surface area (Å²) in [5.41, 5.74) is -2.03. The van der Waals surface area contributed by atoms with E-state index < -0.39 is 47.3 Å². The van der Waals surface area contributed by atoms with Crippen LogP contribution in [0.4, 0.5) is 10.1 Å². The molecule has 0 spiro atoms. The van der Waals surface area contributed by atoms with Crippen LogP contribution in [0, 0.1) is 23.7 Å². The van der Waals surface area contributed by atoms with Crippen molar-refractivity contribution in [1.29, 1.82) is 5.26 Å². The van der Waals surface area contributed by atoms with Crippen molar-refractivity contribution in [3.05, 3.63) is 64.8 Å². The van der Waals surface area contributed by atoms with Gasteiger partial charge in [-0.25, -0.2) is 17.7 Å². The lowest BCUT2D eigenvalue weighted by Crippen LogP contribution is -2.48. The molecule has 11 heteroatoms. The fourth-order valence-corrected chi connectivity index (χ4v) is 4.99. The molecule has 2 aromatic rings. The molecule has 3 N–H and O–H groups in total. The van der Waals surface area contributed by atoms with Gasteiger partial charge < -0.3 is 20.1 Å². The summed E-state index contributed by atoms with van der Waals surface area (Å²) in [7, 11) is -4.23. The number of hydrogen-bond acceptors (Lipinski definition) is 7. The Labute approximate surface area is 178 Å². The number of nitriles is 1. The lowest BCUT2D eigenvalue weighted by molar-refractivity contribution is -0.0641. The topological polar surface area (TPSA) is 135 Å². The Morgan fingerprint density at radius 1 is 1.32 bits per heavy atom. The van der Waals surface area contributed by atoms with E-state index in [2.05, 4.69) is 4.85 Å². The van der Waals surface area contributed by atoms with Gasteiger partial charge in [-0.05, 0) is 35.9 Å². The van der Waals surface area contributed by atoms with Gasteiger partial charge in [-0.3, -0.25) is 0 Å². The molecule has 0 aliphatic carbocycles. The molecule has 1 heterocycles. The van der Waals surface area contributed by atoms with E-state index in [4.69, 9.17) is 16.6 Å². The Kier molecular flexibility index (Phi) is 6.27. The molecule has 0 aromatic heterocycles. The molecule has 1 aliphatic rings. The number of hydrogen-bond donors (Lipinski definition) is 3. The number of sulfonamides is 1. The summed E-state index contributed by atoms with van der Waals surface area (Å²) >= 11 is 0. The van der Waals surface area contributed by atoms with E-state index in [1.165, 1.54) is 30.3 Å². The largest absolute Gasteiger partial charge is 0.486 e. The molecule has 0 saturated carbocycles. The number of rotatable bonds is 6. The van der Waals surface area contributed by atoms with Crippen molar-refractivity contribution in [3.63, 3.8) is 0 Å². The van der Waals surface area contributed by atoms with Crippen LogP contribution in [0.2, 0.25) is 0 Å². The van der Waals surface area contributed by atoms with Crippen LogP contribution in [0.5, 0.6) is 5.75 Å². The minimum Gasteiger partial charge on any atom is -0.486 e.